The van der Waals surface area contributed by atoms with E-state index in [2.05, 4.69) is 0 Å². The van der Waals surface area contributed by atoms with Crippen molar-refractivity contribution in [2.75, 3.05) is 0 Å². The molecule has 0 bridgehead atoms. The Hall–Kier alpha value is -1.15. The van der Waals surface area contributed by atoms with E-state index in [4.69, 9.17) is 14.8 Å². The highest BCUT2D eigenvalue weighted by Crippen LogP contribution is 2.13. The smallest absolute Gasteiger partial charge is 0.303 e. The van der Waals surface area contributed by atoms with Gasteiger partial charge >= 0.3 is 11.9 Å². The monoisotopic (exact) mass is 240 g/mol. The van der Waals surface area contributed by atoms with E-state index < -0.39 is 40.1 Å². The maximum atomic E-state index is 10.7. The minimum atomic E-state index is -4.38. The molecule has 7 nitrogen and oxygen atoms in total. The van der Waals surface area contributed by atoms with Gasteiger partial charge in [-0.15, -0.1) is 0 Å². The van der Waals surface area contributed by atoms with E-state index in [1.807, 2.05) is 0 Å². The molecule has 0 radical (unpaired) electrons. The average Bonchev–Trinajstić information content (AvgIpc) is 2.00. The van der Waals surface area contributed by atoms with Crippen LogP contribution < -0.4 is 0 Å². The number of hydrogen-bond acceptors (Lipinski definition) is 4. The van der Waals surface area contributed by atoms with E-state index in [-0.39, 0.29) is 12.8 Å². The molecule has 0 aromatic rings. The lowest BCUT2D eigenvalue weighted by Gasteiger charge is -2.10. The van der Waals surface area contributed by atoms with E-state index in [1.54, 1.807) is 0 Å². The Morgan fingerprint density at radius 3 is 1.53 bits per heavy atom. The molecule has 0 aromatic heterocycles. The second kappa shape index (κ2) is 5.66. The van der Waals surface area contributed by atoms with Gasteiger partial charge in [-0.1, -0.05) is 0 Å². The van der Waals surface area contributed by atoms with Gasteiger partial charge in [0, 0.05) is 12.8 Å². The van der Waals surface area contributed by atoms with Crippen molar-refractivity contribution in [3.8, 4) is 0 Å². The predicted octanol–water partition coefficient (Wildman–Crippen LogP) is -0.0276. The van der Waals surface area contributed by atoms with Gasteiger partial charge in [-0.05, 0) is 12.8 Å². The van der Waals surface area contributed by atoms with Crippen LogP contribution in [-0.2, 0) is 19.7 Å². The number of carboxylic acids is 2. The summed E-state index contributed by atoms with van der Waals surface area (Å²) in [4.78, 5) is 20.4. The largest absolute Gasteiger partial charge is 0.481 e. The van der Waals surface area contributed by atoms with E-state index in [0.717, 1.165) is 0 Å². The van der Waals surface area contributed by atoms with Crippen molar-refractivity contribution in [3.05, 3.63) is 0 Å². The summed E-state index contributed by atoms with van der Waals surface area (Å²) in [6, 6.07) is 0. The molecule has 0 atom stereocenters. The molecule has 0 unspecified atom stereocenters. The molecule has 0 saturated heterocycles. The van der Waals surface area contributed by atoms with Crippen LogP contribution in [0, 0.1) is 0 Å². The zero-order chi connectivity index (χ0) is 12.1. The zero-order valence-electron chi connectivity index (χ0n) is 7.79. The Bertz CT molecular complexity index is 313. The van der Waals surface area contributed by atoms with Crippen molar-refractivity contribution in [1.82, 2.24) is 0 Å². The van der Waals surface area contributed by atoms with Crippen LogP contribution >= 0.6 is 0 Å². The van der Waals surface area contributed by atoms with Crippen LogP contribution in [0.5, 0.6) is 0 Å². The highest BCUT2D eigenvalue weighted by atomic mass is 32.2. The normalized spacial score (nSPS) is 11.6. The molecule has 0 rings (SSSR count). The van der Waals surface area contributed by atoms with E-state index in [9.17, 15) is 18.0 Å². The van der Waals surface area contributed by atoms with Gasteiger partial charge in [0.25, 0.3) is 10.1 Å². The lowest BCUT2D eigenvalue weighted by molar-refractivity contribution is -0.137. The topological polar surface area (TPSA) is 129 Å². The fourth-order valence-electron chi connectivity index (χ4n) is 1.01. The van der Waals surface area contributed by atoms with Crippen molar-refractivity contribution in [2.45, 2.75) is 30.9 Å². The van der Waals surface area contributed by atoms with Crippen LogP contribution in [0.2, 0.25) is 0 Å². The van der Waals surface area contributed by atoms with Gasteiger partial charge in [-0.25, -0.2) is 0 Å². The predicted molar refractivity (Wildman–Crippen MR) is 49.1 cm³/mol. The summed E-state index contributed by atoms with van der Waals surface area (Å²) in [5.41, 5.74) is 0. The third-order valence-electron chi connectivity index (χ3n) is 1.78. The molecule has 3 N–H and O–H groups in total. The van der Waals surface area contributed by atoms with E-state index >= 15 is 0 Å². The summed E-state index contributed by atoms with van der Waals surface area (Å²) >= 11 is 0. The summed E-state index contributed by atoms with van der Waals surface area (Å²) in [6.45, 7) is 0. The first kappa shape index (κ1) is 13.8. The Labute approximate surface area is 86.5 Å². The van der Waals surface area contributed by atoms with E-state index in [0.29, 0.717) is 0 Å². The van der Waals surface area contributed by atoms with Crippen molar-refractivity contribution in [1.29, 1.82) is 0 Å². The zero-order valence-corrected chi connectivity index (χ0v) is 8.61. The minimum Gasteiger partial charge on any atom is -0.481 e. The fourth-order valence-corrected chi connectivity index (χ4v) is 1.84. The number of hydrogen-bond donors (Lipinski definition) is 3. The minimum absolute atomic E-state index is 0.290. The van der Waals surface area contributed by atoms with Gasteiger partial charge in [0.1, 0.15) is 0 Å². The molecule has 0 amide bonds. The standard InChI is InChI=1S/C7H12O7S/c8-6(9)3-1-5(15(12,13)14)2-4-7(10)11/h5H,1-4H2,(H,8,9)(H,10,11)(H,12,13,14). The lowest BCUT2D eigenvalue weighted by Crippen LogP contribution is -2.22. The van der Waals surface area contributed by atoms with Crippen LogP contribution in [0.25, 0.3) is 0 Å². The van der Waals surface area contributed by atoms with Crippen molar-refractivity contribution < 1.29 is 32.8 Å². The SMILES string of the molecule is O=C(O)CCC(CCC(=O)O)S(=O)(=O)O. The molecule has 0 aromatic carbocycles. The maximum absolute atomic E-state index is 10.7. The highest BCUT2D eigenvalue weighted by molar-refractivity contribution is 7.86. The van der Waals surface area contributed by atoms with Gasteiger partial charge in [-0.2, -0.15) is 8.42 Å². The summed E-state index contributed by atoms with van der Waals surface area (Å²) in [5, 5.41) is 15.3. The second-order valence-corrected chi connectivity index (χ2v) is 4.70. The Kier molecular flexibility index (Phi) is 5.23. The lowest BCUT2D eigenvalue weighted by atomic mass is 10.1. The molecule has 0 fully saturated rings. The van der Waals surface area contributed by atoms with Crippen LogP contribution in [0.4, 0.5) is 0 Å². The summed E-state index contributed by atoms with van der Waals surface area (Å²) in [7, 11) is -4.38. The molecule has 15 heavy (non-hydrogen) atoms. The molecule has 0 spiro atoms. The molecule has 88 valence electrons. The molecule has 0 heterocycles. The second-order valence-electron chi connectivity index (χ2n) is 3.00. The number of carbonyl (C=O) groups is 2. The molecular formula is C7H12O7S. The quantitative estimate of drug-likeness (QED) is 0.533. The van der Waals surface area contributed by atoms with Gasteiger partial charge in [-0.3, -0.25) is 14.1 Å². The first-order chi connectivity index (χ1) is 6.73. The summed E-state index contributed by atoms with van der Waals surface area (Å²) in [6.07, 6.45) is -1.43. The average molecular weight is 240 g/mol. The van der Waals surface area contributed by atoms with Crippen molar-refractivity contribution in [3.63, 3.8) is 0 Å². The van der Waals surface area contributed by atoms with Crippen LogP contribution in [0.3, 0.4) is 0 Å². The first-order valence-corrected chi connectivity index (χ1v) is 5.63. The molecule has 0 aliphatic rings. The van der Waals surface area contributed by atoms with Crippen molar-refractivity contribution in [2.24, 2.45) is 0 Å². The Morgan fingerprint density at radius 2 is 1.33 bits per heavy atom. The van der Waals surface area contributed by atoms with Gasteiger partial charge in [0.05, 0.1) is 5.25 Å². The number of rotatable bonds is 7. The highest BCUT2D eigenvalue weighted by Gasteiger charge is 2.24. The van der Waals surface area contributed by atoms with Crippen LogP contribution in [0.15, 0.2) is 0 Å². The number of aliphatic carboxylic acids is 2. The van der Waals surface area contributed by atoms with Gasteiger partial charge in [0.15, 0.2) is 0 Å². The van der Waals surface area contributed by atoms with Gasteiger partial charge < -0.3 is 10.2 Å². The Balaban J connectivity index is 4.33. The fraction of sp³-hybridized carbons (Fsp3) is 0.714. The Morgan fingerprint density at radius 1 is 1.00 bits per heavy atom. The molecule has 0 aliphatic carbocycles. The van der Waals surface area contributed by atoms with Crippen LogP contribution in [0.1, 0.15) is 25.7 Å². The summed E-state index contributed by atoms with van der Waals surface area (Å²) < 4.78 is 30.1. The van der Waals surface area contributed by atoms with Crippen LogP contribution in [-0.4, -0.2) is 40.4 Å². The van der Waals surface area contributed by atoms with Gasteiger partial charge in [0.2, 0.25) is 0 Å². The maximum Gasteiger partial charge on any atom is 0.303 e. The molecule has 0 aliphatic heterocycles. The molecular weight excluding hydrogens is 228 g/mol. The first-order valence-electron chi connectivity index (χ1n) is 4.13. The number of carboxylic acid groups (broad SMARTS) is 2. The van der Waals surface area contributed by atoms with Crippen molar-refractivity contribution >= 4 is 22.1 Å². The third kappa shape index (κ3) is 6.86. The third-order valence-corrected chi connectivity index (χ3v) is 3.10. The van der Waals surface area contributed by atoms with E-state index in [1.165, 1.54) is 0 Å². The summed E-state index contributed by atoms with van der Waals surface area (Å²) in [5.74, 6) is -2.39. The molecule has 8 heteroatoms. The molecule has 0 saturated carbocycles.